The lowest BCUT2D eigenvalue weighted by atomic mass is 10.0. The van der Waals surface area contributed by atoms with Crippen LogP contribution in [0.25, 0.3) is 0 Å². The van der Waals surface area contributed by atoms with Crippen molar-refractivity contribution in [3.8, 4) is 5.75 Å². The summed E-state index contributed by atoms with van der Waals surface area (Å²) in [7, 11) is 1.66. The lowest BCUT2D eigenvalue weighted by Gasteiger charge is -2.29. The highest BCUT2D eigenvalue weighted by atomic mass is 16.5. The van der Waals surface area contributed by atoms with E-state index >= 15 is 0 Å². The number of hydrogen-bond acceptors (Lipinski definition) is 7. The molecule has 3 heterocycles. The fourth-order valence-corrected chi connectivity index (χ4v) is 4.71. The van der Waals surface area contributed by atoms with Gasteiger partial charge in [0.1, 0.15) is 24.1 Å². The average molecular weight is 490 g/mol. The number of amides is 3. The summed E-state index contributed by atoms with van der Waals surface area (Å²) in [5.74, 6) is -0.427. The van der Waals surface area contributed by atoms with E-state index in [1.807, 2.05) is 24.4 Å². The standard InChI is InChI=1S/C26H27N5O5/c1-35-16-19(12-17-6-3-2-4-7-17)31-13-18(28-29-31)15-36-23-9-5-8-20-21(23)14-30(26(20)34)22-10-11-24(32)27-25(22)33/h2-9,13,19,22H,10-12,14-16H2,1H3,(H,27,32,33)/t19-,22?/m0/s1. The summed E-state index contributed by atoms with van der Waals surface area (Å²) in [4.78, 5) is 38.3. The fourth-order valence-electron chi connectivity index (χ4n) is 4.71. The molecular formula is C26H27N5O5. The molecule has 10 nitrogen and oxygen atoms in total. The van der Waals surface area contributed by atoms with Crippen LogP contribution in [0.15, 0.2) is 54.7 Å². The van der Waals surface area contributed by atoms with E-state index in [0.717, 1.165) is 12.0 Å². The van der Waals surface area contributed by atoms with Crippen LogP contribution in [-0.4, -0.2) is 57.4 Å². The van der Waals surface area contributed by atoms with Crippen molar-refractivity contribution >= 4 is 17.7 Å². The van der Waals surface area contributed by atoms with Crippen LogP contribution in [-0.2, 0) is 33.9 Å². The number of hydrogen-bond donors (Lipinski definition) is 1. The Bertz CT molecular complexity index is 1270. The first-order valence-corrected chi connectivity index (χ1v) is 11.9. The summed E-state index contributed by atoms with van der Waals surface area (Å²) in [6.45, 7) is 0.910. The Morgan fingerprint density at radius 3 is 2.72 bits per heavy atom. The molecule has 0 radical (unpaired) electrons. The van der Waals surface area contributed by atoms with E-state index in [1.54, 1.807) is 30.0 Å². The summed E-state index contributed by atoms with van der Waals surface area (Å²) in [5.41, 5.74) is 3.05. The number of aromatic nitrogens is 3. The number of piperidine rings is 1. The maximum Gasteiger partial charge on any atom is 0.255 e. The maximum absolute atomic E-state index is 13.0. The number of fused-ring (bicyclic) bond motifs is 1. The first-order valence-electron chi connectivity index (χ1n) is 11.9. The second-order valence-corrected chi connectivity index (χ2v) is 8.96. The number of ether oxygens (including phenoxy) is 2. The number of imide groups is 1. The van der Waals surface area contributed by atoms with Crippen LogP contribution in [0.2, 0.25) is 0 Å². The molecule has 2 aromatic carbocycles. The predicted molar refractivity (Wildman–Crippen MR) is 128 cm³/mol. The van der Waals surface area contributed by atoms with E-state index < -0.39 is 11.9 Å². The number of methoxy groups -OCH3 is 1. The first kappa shape index (κ1) is 23.7. The van der Waals surface area contributed by atoms with Gasteiger partial charge in [-0.15, -0.1) is 5.10 Å². The lowest BCUT2D eigenvalue weighted by Crippen LogP contribution is -2.52. The Morgan fingerprint density at radius 1 is 1.11 bits per heavy atom. The zero-order valence-electron chi connectivity index (χ0n) is 19.9. The molecule has 5 rings (SSSR count). The molecule has 2 aliphatic rings. The van der Waals surface area contributed by atoms with Crippen LogP contribution >= 0.6 is 0 Å². The number of nitrogens with zero attached hydrogens (tertiary/aromatic N) is 4. The number of benzene rings is 2. The molecule has 2 aliphatic heterocycles. The Hall–Kier alpha value is -4.05. The Labute approximate surface area is 208 Å². The predicted octanol–water partition coefficient (Wildman–Crippen LogP) is 2.05. The summed E-state index contributed by atoms with van der Waals surface area (Å²) >= 11 is 0. The Balaban J connectivity index is 1.27. The van der Waals surface area contributed by atoms with Crippen molar-refractivity contribution in [2.75, 3.05) is 13.7 Å². The van der Waals surface area contributed by atoms with Gasteiger partial charge in [-0.3, -0.25) is 19.7 Å². The minimum Gasteiger partial charge on any atom is -0.487 e. The molecule has 1 saturated heterocycles. The second-order valence-electron chi connectivity index (χ2n) is 8.96. The number of carbonyl (C=O) groups excluding carboxylic acids is 3. The lowest BCUT2D eigenvalue weighted by molar-refractivity contribution is -0.136. The van der Waals surface area contributed by atoms with Crippen molar-refractivity contribution in [2.45, 2.75) is 44.5 Å². The van der Waals surface area contributed by atoms with Gasteiger partial charge in [-0.25, -0.2) is 4.68 Å². The second kappa shape index (κ2) is 10.3. The van der Waals surface area contributed by atoms with Gasteiger partial charge in [0.2, 0.25) is 11.8 Å². The van der Waals surface area contributed by atoms with E-state index in [2.05, 4.69) is 27.8 Å². The summed E-state index contributed by atoms with van der Waals surface area (Å²) < 4.78 is 13.2. The minimum absolute atomic E-state index is 0.0145. The summed E-state index contributed by atoms with van der Waals surface area (Å²) in [6.07, 6.45) is 3.12. The van der Waals surface area contributed by atoms with Crippen molar-refractivity contribution in [3.05, 3.63) is 77.1 Å². The van der Waals surface area contributed by atoms with E-state index in [4.69, 9.17) is 9.47 Å². The normalized spacial score (nSPS) is 18.2. The Kier molecular flexibility index (Phi) is 6.77. The van der Waals surface area contributed by atoms with Crippen LogP contribution in [0.4, 0.5) is 0 Å². The van der Waals surface area contributed by atoms with Gasteiger partial charge in [0, 0.05) is 24.7 Å². The fraction of sp³-hybridized carbons (Fsp3) is 0.346. The van der Waals surface area contributed by atoms with Crippen molar-refractivity contribution in [1.82, 2.24) is 25.2 Å². The van der Waals surface area contributed by atoms with Crippen LogP contribution in [0.5, 0.6) is 5.75 Å². The first-order chi connectivity index (χ1) is 17.5. The summed E-state index contributed by atoms with van der Waals surface area (Å²) in [5, 5.41) is 10.9. The van der Waals surface area contributed by atoms with Crippen LogP contribution in [0.3, 0.4) is 0 Å². The number of nitrogens with one attached hydrogen (secondary N) is 1. The van der Waals surface area contributed by atoms with Crippen LogP contribution < -0.4 is 10.1 Å². The maximum atomic E-state index is 13.0. The van der Waals surface area contributed by atoms with Gasteiger partial charge >= 0.3 is 0 Å². The topological polar surface area (TPSA) is 116 Å². The molecule has 2 atom stereocenters. The zero-order valence-corrected chi connectivity index (χ0v) is 19.9. The molecule has 0 bridgehead atoms. The van der Waals surface area contributed by atoms with Crippen molar-refractivity contribution < 1.29 is 23.9 Å². The van der Waals surface area contributed by atoms with Crippen molar-refractivity contribution in [2.24, 2.45) is 0 Å². The molecule has 0 aliphatic carbocycles. The molecule has 1 N–H and O–H groups in total. The highest BCUT2D eigenvalue weighted by molar-refractivity contribution is 6.05. The number of rotatable bonds is 9. The van der Waals surface area contributed by atoms with Gasteiger partial charge in [-0.1, -0.05) is 41.6 Å². The smallest absolute Gasteiger partial charge is 0.255 e. The van der Waals surface area contributed by atoms with E-state index in [1.165, 1.54) is 10.5 Å². The van der Waals surface area contributed by atoms with E-state index in [0.29, 0.717) is 30.0 Å². The molecule has 10 heteroatoms. The van der Waals surface area contributed by atoms with Gasteiger partial charge in [-0.2, -0.15) is 0 Å². The van der Waals surface area contributed by atoms with E-state index in [-0.39, 0.29) is 37.4 Å². The molecular weight excluding hydrogens is 462 g/mol. The Morgan fingerprint density at radius 2 is 1.94 bits per heavy atom. The van der Waals surface area contributed by atoms with E-state index in [9.17, 15) is 14.4 Å². The average Bonchev–Trinajstić information content (AvgIpc) is 3.48. The third-order valence-corrected chi connectivity index (χ3v) is 6.52. The molecule has 1 unspecified atom stereocenters. The molecule has 186 valence electrons. The molecule has 1 aromatic heterocycles. The van der Waals surface area contributed by atoms with Gasteiger partial charge < -0.3 is 14.4 Å². The van der Waals surface area contributed by atoms with Crippen LogP contribution in [0.1, 0.15) is 46.1 Å². The van der Waals surface area contributed by atoms with Crippen molar-refractivity contribution in [1.29, 1.82) is 0 Å². The number of carbonyl (C=O) groups is 3. The molecule has 0 saturated carbocycles. The molecule has 3 amide bonds. The molecule has 3 aromatic rings. The van der Waals surface area contributed by atoms with Gasteiger partial charge in [0.25, 0.3) is 5.91 Å². The van der Waals surface area contributed by atoms with Gasteiger partial charge in [-0.05, 0) is 30.5 Å². The SMILES string of the molecule is COC[C@H](Cc1ccccc1)n1cc(COc2cccc3c2CN(C2CCC(=O)NC2=O)C3=O)nn1. The molecule has 0 spiro atoms. The summed E-state index contributed by atoms with van der Waals surface area (Å²) in [6, 6.07) is 14.7. The highest BCUT2D eigenvalue weighted by Crippen LogP contribution is 2.33. The van der Waals surface area contributed by atoms with Gasteiger partial charge in [0.05, 0.1) is 25.4 Å². The third-order valence-electron chi connectivity index (χ3n) is 6.52. The zero-order chi connectivity index (χ0) is 25.1. The minimum atomic E-state index is -0.669. The van der Waals surface area contributed by atoms with Crippen molar-refractivity contribution in [3.63, 3.8) is 0 Å². The third kappa shape index (κ3) is 4.85. The monoisotopic (exact) mass is 489 g/mol. The van der Waals surface area contributed by atoms with Crippen LogP contribution in [0, 0.1) is 0 Å². The highest BCUT2D eigenvalue weighted by Gasteiger charge is 2.40. The quantitative estimate of drug-likeness (QED) is 0.458. The molecule has 1 fully saturated rings. The molecule has 36 heavy (non-hydrogen) atoms. The largest absolute Gasteiger partial charge is 0.487 e. The van der Waals surface area contributed by atoms with Gasteiger partial charge in [0.15, 0.2) is 0 Å².